The molecule has 0 amide bonds. The van der Waals surface area contributed by atoms with E-state index in [1.54, 1.807) is 0 Å². The molecule has 3 rings (SSSR count). The fraction of sp³-hybridized carbons (Fsp3) is 0.353. The molecule has 21 heavy (non-hydrogen) atoms. The van der Waals surface area contributed by atoms with Gasteiger partial charge in [-0.15, -0.1) is 0 Å². The van der Waals surface area contributed by atoms with Crippen molar-refractivity contribution in [3.63, 3.8) is 0 Å². The lowest BCUT2D eigenvalue weighted by Crippen LogP contribution is -2.34. The number of piperidine rings is 1. The average Bonchev–Trinajstić information content (AvgIpc) is 2.47. The Morgan fingerprint density at radius 3 is 2.81 bits per heavy atom. The SMILES string of the molecule is Cc1cccc(C2CNCCC2c2ncc(Br)cc2Br)c1. The average molecular weight is 410 g/mol. The van der Waals surface area contributed by atoms with Crippen molar-refractivity contribution in [2.45, 2.75) is 25.2 Å². The Hall–Kier alpha value is -0.710. The highest BCUT2D eigenvalue weighted by Gasteiger charge is 2.30. The molecule has 2 nitrogen and oxygen atoms in total. The van der Waals surface area contributed by atoms with Crippen molar-refractivity contribution in [2.75, 3.05) is 13.1 Å². The number of hydrogen-bond donors (Lipinski definition) is 1. The van der Waals surface area contributed by atoms with Crippen LogP contribution in [0.1, 0.15) is 35.1 Å². The maximum atomic E-state index is 4.68. The molecule has 1 aromatic carbocycles. The molecular weight excluding hydrogens is 392 g/mol. The Morgan fingerprint density at radius 2 is 2.05 bits per heavy atom. The fourth-order valence-electron chi connectivity index (χ4n) is 3.13. The van der Waals surface area contributed by atoms with Crippen LogP contribution in [0.5, 0.6) is 0 Å². The Kier molecular flexibility index (Phi) is 4.77. The first-order valence-electron chi connectivity index (χ1n) is 7.23. The summed E-state index contributed by atoms with van der Waals surface area (Å²) in [4.78, 5) is 4.68. The predicted octanol–water partition coefficient (Wildman–Crippen LogP) is 4.78. The molecule has 110 valence electrons. The van der Waals surface area contributed by atoms with E-state index in [1.165, 1.54) is 16.8 Å². The molecule has 0 aliphatic carbocycles. The van der Waals surface area contributed by atoms with Gasteiger partial charge in [0, 0.05) is 33.5 Å². The number of rotatable bonds is 2. The Labute approximate surface area is 142 Å². The molecule has 0 bridgehead atoms. The second-order valence-corrected chi connectivity index (χ2v) is 7.41. The number of nitrogens with zero attached hydrogens (tertiary/aromatic N) is 1. The number of hydrogen-bond acceptors (Lipinski definition) is 2. The number of nitrogens with one attached hydrogen (secondary N) is 1. The Morgan fingerprint density at radius 1 is 1.19 bits per heavy atom. The first-order chi connectivity index (χ1) is 10.1. The second-order valence-electron chi connectivity index (χ2n) is 5.64. The van der Waals surface area contributed by atoms with Gasteiger partial charge in [-0.25, -0.2) is 0 Å². The highest BCUT2D eigenvalue weighted by molar-refractivity contribution is 9.11. The van der Waals surface area contributed by atoms with Crippen LogP contribution >= 0.6 is 31.9 Å². The number of halogens is 2. The summed E-state index contributed by atoms with van der Waals surface area (Å²) in [6, 6.07) is 10.9. The van der Waals surface area contributed by atoms with E-state index in [-0.39, 0.29) is 0 Å². The van der Waals surface area contributed by atoms with E-state index in [1.807, 2.05) is 6.20 Å². The third-order valence-electron chi connectivity index (χ3n) is 4.14. The summed E-state index contributed by atoms with van der Waals surface area (Å²) in [7, 11) is 0. The summed E-state index contributed by atoms with van der Waals surface area (Å²) in [6.07, 6.45) is 3.02. The molecule has 1 saturated heterocycles. The van der Waals surface area contributed by atoms with Crippen molar-refractivity contribution in [3.05, 3.63) is 62.3 Å². The predicted molar refractivity (Wildman–Crippen MR) is 93.8 cm³/mol. The molecule has 4 heteroatoms. The van der Waals surface area contributed by atoms with Gasteiger partial charge in [0.15, 0.2) is 0 Å². The van der Waals surface area contributed by atoms with Gasteiger partial charge in [-0.1, -0.05) is 29.8 Å². The van der Waals surface area contributed by atoms with Crippen LogP contribution in [-0.2, 0) is 0 Å². The van der Waals surface area contributed by atoms with Gasteiger partial charge < -0.3 is 5.32 Å². The number of aryl methyl sites for hydroxylation is 1. The summed E-state index contributed by atoms with van der Waals surface area (Å²) in [6.45, 7) is 4.22. The van der Waals surface area contributed by atoms with E-state index >= 15 is 0 Å². The zero-order valence-corrected chi connectivity index (χ0v) is 15.1. The van der Waals surface area contributed by atoms with E-state index in [0.29, 0.717) is 11.8 Å². The zero-order chi connectivity index (χ0) is 14.8. The quantitative estimate of drug-likeness (QED) is 0.772. The van der Waals surface area contributed by atoms with Gasteiger partial charge in [-0.2, -0.15) is 0 Å². The second kappa shape index (κ2) is 6.59. The lowest BCUT2D eigenvalue weighted by Gasteiger charge is -2.33. The van der Waals surface area contributed by atoms with Crippen molar-refractivity contribution < 1.29 is 0 Å². The molecule has 1 aliphatic heterocycles. The molecule has 1 aromatic heterocycles. The summed E-state index contributed by atoms with van der Waals surface area (Å²) < 4.78 is 2.11. The number of benzene rings is 1. The first kappa shape index (κ1) is 15.2. The van der Waals surface area contributed by atoms with Gasteiger partial charge in [0.1, 0.15) is 0 Å². The van der Waals surface area contributed by atoms with Gasteiger partial charge in [0.2, 0.25) is 0 Å². The summed E-state index contributed by atoms with van der Waals surface area (Å²) in [5.74, 6) is 0.930. The summed E-state index contributed by atoms with van der Waals surface area (Å²) in [5, 5.41) is 3.53. The molecule has 0 radical (unpaired) electrons. The minimum atomic E-state index is 0.454. The van der Waals surface area contributed by atoms with Gasteiger partial charge in [-0.05, 0) is 63.4 Å². The van der Waals surface area contributed by atoms with Crippen molar-refractivity contribution in [3.8, 4) is 0 Å². The smallest absolute Gasteiger partial charge is 0.0584 e. The van der Waals surface area contributed by atoms with Crippen molar-refractivity contribution >= 4 is 31.9 Å². The van der Waals surface area contributed by atoms with Crippen LogP contribution in [0.15, 0.2) is 45.5 Å². The Bertz CT molecular complexity index is 642. The number of aromatic nitrogens is 1. The molecule has 2 atom stereocenters. The van der Waals surface area contributed by atoms with Crippen LogP contribution in [-0.4, -0.2) is 18.1 Å². The van der Waals surface area contributed by atoms with Crippen molar-refractivity contribution in [1.29, 1.82) is 0 Å². The monoisotopic (exact) mass is 408 g/mol. The highest BCUT2D eigenvalue weighted by Crippen LogP contribution is 2.39. The largest absolute Gasteiger partial charge is 0.316 e. The maximum Gasteiger partial charge on any atom is 0.0584 e. The van der Waals surface area contributed by atoms with E-state index in [9.17, 15) is 0 Å². The molecule has 2 unspecified atom stereocenters. The van der Waals surface area contributed by atoms with Crippen LogP contribution in [0.25, 0.3) is 0 Å². The molecule has 1 N–H and O–H groups in total. The van der Waals surface area contributed by atoms with Crippen LogP contribution in [0.2, 0.25) is 0 Å². The van der Waals surface area contributed by atoms with E-state index in [0.717, 1.165) is 28.5 Å². The summed E-state index contributed by atoms with van der Waals surface area (Å²) >= 11 is 7.17. The third-order valence-corrected chi connectivity index (χ3v) is 5.21. The minimum absolute atomic E-state index is 0.454. The van der Waals surface area contributed by atoms with Crippen molar-refractivity contribution in [1.82, 2.24) is 10.3 Å². The van der Waals surface area contributed by atoms with Crippen LogP contribution < -0.4 is 5.32 Å². The van der Waals surface area contributed by atoms with Gasteiger partial charge in [0.05, 0.1) is 5.69 Å². The summed E-state index contributed by atoms with van der Waals surface area (Å²) in [5.41, 5.74) is 3.90. The van der Waals surface area contributed by atoms with Gasteiger partial charge in [0.25, 0.3) is 0 Å². The normalized spacial score (nSPS) is 22.2. The van der Waals surface area contributed by atoms with E-state index < -0.39 is 0 Å². The highest BCUT2D eigenvalue weighted by atomic mass is 79.9. The molecule has 1 aliphatic rings. The zero-order valence-electron chi connectivity index (χ0n) is 11.9. The van der Waals surface area contributed by atoms with Crippen molar-refractivity contribution in [2.24, 2.45) is 0 Å². The van der Waals surface area contributed by atoms with Gasteiger partial charge in [-0.3, -0.25) is 4.98 Å². The molecule has 2 aromatic rings. The van der Waals surface area contributed by atoms with E-state index in [4.69, 9.17) is 0 Å². The van der Waals surface area contributed by atoms with Crippen LogP contribution in [0.3, 0.4) is 0 Å². The minimum Gasteiger partial charge on any atom is -0.316 e. The lowest BCUT2D eigenvalue weighted by atomic mass is 9.79. The molecule has 1 fully saturated rings. The van der Waals surface area contributed by atoms with Gasteiger partial charge >= 0.3 is 0 Å². The molecule has 0 saturated carbocycles. The molecular formula is C17H18Br2N2. The maximum absolute atomic E-state index is 4.68. The van der Waals surface area contributed by atoms with Crippen LogP contribution in [0.4, 0.5) is 0 Å². The van der Waals surface area contributed by atoms with Crippen LogP contribution in [0, 0.1) is 6.92 Å². The van der Waals surface area contributed by atoms with E-state index in [2.05, 4.69) is 79.4 Å². The first-order valence-corrected chi connectivity index (χ1v) is 8.82. The third kappa shape index (κ3) is 3.38. The Balaban J connectivity index is 1.98. The standard InChI is InChI=1S/C17H18Br2N2/c1-11-3-2-4-12(7-11)15-10-20-6-5-14(15)17-16(19)8-13(18)9-21-17/h2-4,7-9,14-15,20H,5-6,10H2,1H3. The fourth-order valence-corrected chi connectivity index (χ4v) is 4.42. The molecule has 0 spiro atoms. The number of pyridine rings is 1. The molecule has 2 heterocycles. The topological polar surface area (TPSA) is 24.9 Å². The lowest BCUT2D eigenvalue weighted by molar-refractivity contribution is 0.397.